The number of rotatable bonds is 7. The van der Waals surface area contributed by atoms with Crippen LogP contribution in [0.5, 0.6) is 0 Å². The first-order valence-corrected chi connectivity index (χ1v) is 9.40. The lowest BCUT2D eigenvalue weighted by Gasteiger charge is -2.33. The van der Waals surface area contributed by atoms with Crippen molar-refractivity contribution in [3.8, 4) is 0 Å². The first-order chi connectivity index (χ1) is 12.1. The number of hydrogen-bond acceptors (Lipinski definition) is 2. The molecule has 2 aromatic rings. The van der Waals surface area contributed by atoms with Gasteiger partial charge in [0.1, 0.15) is 0 Å². The fraction of sp³-hybridized carbons (Fsp3) is 0.391. The maximum absolute atomic E-state index is 10.8. The molecule has 1 fully saturated rings. The molecule has 0 bridgehead atoms. The fourth-order valence-electron chi connectivity index (χ4n) is 3.89. The Labute approximate surface area is 151 Å². The van der Waals surface area contributed by atoms with Crippen LogP contribution >= 0.6 is 0 Å². The van der Waals surface area contributed by atoms with Crippen molar-refractivity contribution in [3.05, 3.63) is 78.4 Å². The third-order valence-corrected chi connectivity index (χ3v) is 5.17. The van der Waals surface area contributed by atoms with Gasteiger partial charge in [-0.3, -0.25) is 0 Å². The summed E-state index contributed by atoms with van der Waals surface area (Å²) in [6.07, 6.45) is 6.88. The fourth-order valence-corrected chi connectivity index (χ4v) is 3.89. The van der Waals surface area contributed by atoms with Gasteiger partial charge in [0.2, 0.25) is 0 Å². The lowest BCUT2D eigenvalue weighted by molar-refractivity contribution is 0.00391. The van der Waals surface area contributed by atoms with Crippen molar-refractivity contribution in [1.29, 1.82) is 0 Å². The summed E-state index contributed by atoms with van der Waals surface area (Å²) in [7, 11) is 0. The number of benzene rings is 2. The molecular weight excluding hydrogens is 306 g/mol. The van der Waals surface area contributed by atoms with E-state index in [2.05, 4.69) is 48.3 Å². The summed E-state index contributed by atoms with van der Waals surface area (Å²) in [4.78, 5) is 0. The van der Waals surface area contributed by atoms with Crippen LogP contribution in [0.1, 0.15) is 56.6 Å². The minimum absolute atomic E-state index is 0.170. The number of aliphatic hydroxyl groups is 1. The lowest BCUT2D eigenvalue weighted by Crippen LogP contribution is -2.32. The molecule has 1 aliphatic carbocycles. The highest BCUT2D eigenvalue weighted by Crippen LogP contribution is 2.35. The zero-order chi connectivity index (χ0) is 17.5. The minimum Gasteiger partial charge on any atom is -0.390 e. The smallest absolute Gasteiger partial charge is 0.0684 e. The Kier molecular flexibility index (Phi) is 5.93. The predicted molar refractivity (Wildman–Crippen MR) is 106 cm³/mol. The van der Waals surface area contributed by atoms with Gasteiger partial charge in [-0.1, -0.05) is 79.9 Å². The summed E-state index contributed by atoms with van der Waals surface area (Å²) in [6, 6.07) is 21.0. The predicted octanol–water partition coefficient (Wildman–Crippen LogP) is 5.87. The van der Waals surface area contributed by atoms with Gasteiger partial charge in [-0.05, 0) is 43.4 Å². The van der Waals surface area contributed by atoms with Gasteiger partial charge in [-0.25, -0.2) is 0 Å². The van der Waals surface area contributed by atoms with E-state index >= 15 is 0 Å². The summed E-state index contributed by atoms with van der Waals surface area (Å²) < 4.78 is 0. The van der Waals surface area contributed by atoms with Crippen LogP contribution in [0, 0.1) is 0 Å². The van der Waals surface area contributed by atoms with Crippen LogP contribution < -0.4 is 5.32 Å². The molecule has 3 rings (SSSR count). The topological polar surface area (TPSA) is 32.3 Å². The number of hydrogen-bond donors (Lipinski definition) is 2. The highest BCUT2D eigenvalue weighted by Gasteiger charge is 2.30. The first-order valence-electron chi connectivity index (χ1n) is 9.40. The van der Waals surface area contributed by atoms with Crippen LogP contribution in [0.25, 0.3) is 0 Å². The van der Waals surface area contributed by atoms with Gasteiger partial charge in [0.05, 0.1) is 11.6 Å². The zero-order valence-electron chi connectivity index (χ0n) is 15.0. The van der Waals surface area contributed by atoms with Crippen molar-refractivity contribution in [3.63, 3.8) is 0 Å². The van der Waals surface area contributed by atoms with E-state index in [0.717, 1.165) is 43.4 Å². The molecule has 2 heteroatoms. The third-order valence-electron chi connectivity index (χ3n) is 5.17. The van der Waals surface area contributed by atoms with Crippen molar-refractivity contribution in [2.24, 2.45) is 0 Å². The van der Waals surface area contributed by atoms with Crippen LogP contribution in [0.2, 0.25) is 0 Å². The molecule has 132 valence electrons. The second kappa shape index (κ2) is 8.35. The molecule has 0 radical (unpaired) electrons. The van der Waals surface area contributed by atoms with Crippen molar-refractivity contribution in [2.75, 3.05) is 5.32 Å². The molecule has 2 N–H and O–H groups in total. The largest absolute Gasteiger partial charge is 0.390 e. The Balaban J connectivity index is 1.70. The molecule has 25 heavy (non-hydrogen) atoms. The summed E-state index contributed by atoms with van der Waals surface area (Å²) >= 11 is 0. The molecule has 2 nitrogen and oxygen atoms in total. The molecule has 2 aromatic carbocycles. The first kappa shape index (κ1) is 17.8. The maximum Gasteiger partial charge on any atom is 0.0684 e. The van der Waals surface area contributed by atoms with Gasteiger partial charge in [-0.2, -0.15) is 0 Å². The van der Waals surface area contributed by atoms with E-state index in [4.69, 9.17) is 0 Å². The van der Waals surface area contributed by atoms with Gasteiger partial charge < -0.3 is 10.4 Å². The van der Waals surface area contributed by atoms with Crippen LogP contribution in [-0.2, 0) is 0 Å². The van der Waals surface area contributed by atoms with E-state index in [9.17, 15) is 5.11 Å². The van der Waals surface area contributed by atoms with Crippen molar-refractivity contribution >= 4 is 5.69 Å². The molecular formula is C23H29NO. The Morgan fingerprint density at radius 3 is 2.20 bits per heavy atom. The van der Waals surface area contributed by atoms with E-state index in [0.29, 0.717) is 6.42 Å². The highest BCUT2D eigenvalue weighted by molar-refractivity contribution is 5.45. The normalized spacial score (nSPS) is 17.6. The average Bonchev–Trinajstić information content (AvgIpc) is 2.63. The van der Waals surface area contributed by atoms with Gasteiger partial charge in [0, 0.05) is 5.69 Å². The van der Waals surface area contributed by atoms with E-state index in [1.165, 1.54) is 12.0 Å². The second-order valence-corrected chi connectivity index (χ2v) is 7.39. The van der Waals surface area contributed by atoms with E-state index in [1.54, 1.807) is 0 Å². The van der Waals surface area contributed by atoms with Crippen LogP contribution in [-0.4, -0.2) is 10.7 Å². The highest BCUT2D eigenvalue weighted by atomic mass is 16.3. The minimum atomic E-state index is -0.538. The van der Waals surface area contributed by atoms with E-state index in [-0.39, 0.29) is 6.04 Å². The molecule has 1 saturated carbocycles. The summed E-state index contributed by atoms with van der Waals surface area (Å²) in [5.74, 6) is 0. The van der Waals surface area contributed by atoms with Crippen LogP contribution in [0.4, 0.5) is 5.69 Å². The average molecular weight is 335 g/mol. The molecule has 0 amide bonds. The van der Waals surface area contributed by atoms with Gasteiger partial charge in [0.25, 0.3) is 0 Å². The Hall–Kier alpha value is -2.06. The summed E-state index contributed by atoms with van der Waals surface area (Å²) in [5.41, 5.74) is 2.95. The molecule has 0 spiro atoms. The molecule has 1 aliphatic rings. The summed E-state index contributed by atoms with van der Waals surface area (Å²) in [6.45, 7) is 4.30. The lowest BCUT2D eigenvalue weighted by atomic mass is 9.79. The van der Waals surface area contributed by atoms with Gasteiger partial charge in [0.15, 0.2) is 0 Å². The maximum atomic E-state index is 10.8. The Bertz CT molecular complexity index is 659. The van der Waals surface area contributed by atoms with Crippen molar-refractivity contribution in [2.45, 2.75) is 56.6 Å². The molecule has 0 aliphatic heterocycles. The standard InChI is InChI=1S/C23H29NO/c1-19(18-23(25)15-9-4-10-16-23)17-22(20-11-5-2-6-12-20)24-21-13-7-3-8-14-21/h2-3,5-8,11-14,22,24-25H,1,4,9-10,15-18H2. The second-order valence-electron chi connectivity index (χ2n) is 7.39. The zero-order valence-corrected chi connectivity index (χ0v) is 15.0. The summed E-state index contributed by atoms with van der Waals surface area (Å²) in [5, 5.41) is 14.5. The Morgan fingerprint density at radius 2 is 1.56 bits per heavy atom. The van der Waals surface area contributed by atoms with Gasteiger partial charge in [-0.15, -0.1) is 0 Å². The van der Waals surface area contributed by atoms with Crippen LogP contribution in [0.3, 0.4) is 0 Å². The molecule has 1 atom stereocenters. The number of para-hydroxylation sites is 1. The Morgan fingerprint density at radius 1 is 0.960 bits per heavy atom. The van der Waals surface area contributed by atoms with Gasteiger partial charge >= 0.3 is 0 Å². The molecule has 0 saturated heterocycles. The quantitative estimate of drug-likeness (QED) is 0.620. The molecule has 0 heterocycles. The third kappa shape index (κ3) is 5.20. The molecule has 1 unspecified atom stereocenters. The van der Waals surface area contributed by atoms with Crippen molar-refractivity contribution < 1.29 is 5.11 Å². The monoisotopic (exact) mass is 335 g/mol. The molecule has 0 aromatic heterocycles. The van der Waals surface area contributed by atoms with Crippen LogP contribution in [0.15, 0.2) is 72.8 Å². The number of anilines is 1. The number of nitrogens with one attached hydrogen (secondary N) is 1. The van der Waals surface area contributed by atoms with E-state index in [1.807, 2.05) is 24.3 Å². The van der Waals surface area contributed by atoms with E-state index < -0.39 is 5.60 Å². The SMILES string of the molecule is C=C(CC(Nc1ccccc1)c1ccccc1)CC1(O)CCCCC1. The van der Waals surface area contributed by atoms with Crippen molar-refractivity contribution in [1.82, 2.24) is 0 Å².